The molecular weight excluding hydrogens is 420 g/mol. The van der Waals surface area contributed by atoms with Crippen LogP contribution < -0.4 is 21.7 Å². The second kappa shape index (κ2) is 12.8. The van der Waals surface area contributed by atoms with Crippen LogP contribution in [0.5, 0.6) is 0 Å². The lowest BCUT2D eigenvalue weighted by molar-refractivity contribution is -0.143. The van der Waals surface area contributed by atoms with E-state index in [4.69, 9.17) is 5.73 Å². The number of imidazole rings is 1. The maximum Gasteiger partial charge on any atom is 0.326 e. The first kappa shape index (κ1) is 27.0. The maximum absolute atomic E-state index is 12.7. The number of nitrogens with zero attached hydrogens (tertiary/aromatic N) is 1. The minimum atomic E-state index is -1.34. The van der Waals surface area contributed by atoms with E-state index in [1.807, 2.05) is 13.8 Å². The van der Waals surface area contributed by atoms with Gasteiger partial charge < -0.3 is 36.9 Å². The van der Waals surface area contributed by atoms with Gasteiger partial charge in [0.05, 0.1) is 19.0 Å². The van der Waals surface area contributed by atoms with E-state index in [9.17, 15) is 29.4 Å². The number of aromatic amines is 1. The number of aromatic nitrogens is 2. The van der Waals surface area contributed by atoms with Gasteiger partial charge in [-0.3, -0.25) is 14.4 Å². The molecule has 0 radical (unpaired) electrons. The number of aliphatic hydroxyl groups is 1. The second-order valence-corrected chi connectivity index (χ2v) is 8.39. The molecule has 4 unspecified atom stereocenters. The molecule has 12 heteroatoms. The van der Waals surface area contributed by atoms with E-state index in [0.29, 0.717) is 5.69 Å². The maximum atomic E-state index is 12.7. The predicted octanol–water partition coefficient (Wildman–Crippen LogP) is -1.49. The van der Waals surface area contributed by atoms with Crippen molar-refractivity contribution in [1.29, 1.82) is 0 Å². The zero-order valence-electron chi connectivity index (χ0n) is 18.8. The summed E-state index contributed by atoms with van der Waals surface area (Å²) in [5, 5.41) is 26.2. The largest absolute Gasteiger partial charge is 0.480 e. The number of nitrogens with two attached hydrogens (primary N) is 1. The lowest BCUT2D eigenvalue weighted by Crippen LogP contribution is -2.59. The van der Waals surface area contributed by atoms with Crippen LogP contribution in [0, 0.1) is 11.8 Å². The number of hydrogen-bond acceptors (Lipinski definition) is 7. The third-order valence-corrected chi connectivity index (χ3v) is 4.72. The molecule has 1 aromatic heterocycles. The van der Waals surface area contributed by atoms with E-state index >= 15 is 0 Å². The van der Waals surface area contributed by atoms with Gasteiger partial charge in [-0.1, -0.05) is 27.7 Å². The zero-order valence-corrected chi connectivity index (χ0v) is 18.8. The van der Waals surface area contributed by atoms with Crippen LogP contribution in [-0.2, 0) is 25.6 Å². The minimum Gasteiger partial charge on any atom is -0.480 e. The summed E-state index contributed by atoms with van der Waals surface area (Å²) in [7, 11) is 0. The summed E-state index contributed by atoms with van der Waals surface area (Å²) < 4.78 is 0. The van der Waals surface area contributed by atoms with Crippen molar-refractivity contribution in [3.8, 4) is 0 Å². The van der Waals surface area contributed by atoms with Gasteiger partial charge >= 0.3 is 5.97 Å². The van der Waals surface area contributed by atoms with Crippen molar-refractivity contribution in [3.05, 3.63) is 18.2 Å². The topological polar surface area (TPSA) is 200 Å². The molecular formula is C20H34N6O6. The molecule has 0 aliphatic heterocycles. The van der Waals surface area contributed by atoms with E-state index < -0.39 is 54.5 Å². The van der Waals surface area contributed by atoms with Crippen molar-refractivity contribution in [2.45, 2.75) is 64.7 Å². The molecule has 1 heterocycles. The van der Waals surface area contributed by atoms with Gasteiger partial charge in [0.2, 0.25) is 17.7 Å². The average molecular weight is 455 g/mol. The van der Waals surface area contributed by atoms with Crippen LogP contribution in [0.2, 0.25) is 0 Å². The molecule has 180 valence electrons. The Labute approximate surface area is 186 Å². The number of aliphatic carboxylic acids is 1. The molecule has 0 aliphatic carbocycles. The van der Waals surface area contributed by atoms with E-state index in [1.165, 1.54) is 12.5 Å². The Hall–Kier alpha value is -2.99. The summed E-state index contributed by atoms with van der Waals surface area (Å²) in [6, 6.07) is -4.50. The molecule has 4 atom stereocenters. The standard InChI is InChI=1S/C20H34N6O6/c1-10(2)5-14(20(31)32)24-19(30)16(11(3)4)26-18(29)15(8-27)25-17(28)13(21)6-12-7-22-9-23-12/h7,9-11,13-16,27H,5-6,8,21H2,1-4H3,(H,22,23)(H,24,30)(H,25,28)(H,26,29)(H,31,32). The molecule has 12 nitrogen and oxygen atoms in total. The normalized spacial score (nSPS) is 15.0. The minimum absolute atomic E-state index is 0.0310. The van der Waals surface area contributed by atoms with Gasteiger partial charge in [-0.05, 0) is 18.3 Å². The molecule has 3 amide bonds. The second-order valence-electron chi connectivity index (χ2n) is 8.39. The van der Waals surface area contributed by atoms with Crippen molar-refractivity contribution >= 4 is 23.7 Å². The van der Waals surface area contributed by atoms with Crippen LogP contribution in [0.25, 0.3) is 0 Å². The number of carboxylic acid groups (broad SMARTS) is 1. The van der Waals surface area contributed by atoms with Crippen molar-refractivity contribution in [3.63, 3.8) is 0 Å². The van der Waals surface area contributed by atoms with Gasteiger partial charge in [0, 0.05) is 18.3 Å². The summed E-state index contributed by atoms with van der Waals surface area (Å²) in [5.41, 5.74) is 6.47. The van der Waals surface area contributed by atoms with Gasteiger partial charge in [-0.15, -0.1) is 0 Å². The Balaban J connectivity index is 2.77. The first-order valence-corrected chi connectivity index (χ1v) is 10.4. The number of carbonyl (C=O) groups excluding carboxylic acids is 3. The molecule has 1 rings (SSSR count). The van der Waals surface area contributed by atoms with Gasteiger partial charge in [0.15, 0.2) is 0 Å². The number of H-pyrrole nitrogens is 1. The van der Waals surface area contributed by atoms with Crippen LogP contribution in [0.4, 0.5) is 0 Å². The van der Waals surface area contributed by atoms with Crippen molar-refractivity contribution < 1.29 is 29.4 Å². The molecule has 0 spiro atoms. The number of nitrogens with one attached hydrogen (secondary N) is 4. The van der Waals surface area contributed by atoms with Gasteiger partial charge in [-0.25, -0.2) is 9.78 Å². The number of amides is 3. The quantitative estimate of drug-likeness (QED) is 0.187. The van der Waals surface area contributed by atoms with E-state index in [-0.39, 0.29) is 24.7 Å². The van der Waals surface area contributed by atoms with Crippen LogP contribution in [0.1, 0.15) is 39.8 Å². The van der Waals surface area contributed by atoms with Crippen LogP contribution in [-0.4, -0.2) is 74.6 Å². The van der Waals surface area contributed by atoms with Gasteiger partial charge in [0.25, 0.3) is 0 Å². The highest BCUT2D eigenvalue weighted by Crippen LogP contribution is 2.08. The Morgan fingerprint density at radius 2 is 1.66 bits per heavy atom. The number of carbonyl (C=O) groups is 4. The Bertz CT molecular complexity index is 767. The number of hydrogen-bond donors (Lipinski definition) is 7. The van der Waals surface area contributed by atoms with Crippen LogP contribution in [0.3, 0.4) is 0 Å². The van der Waals surface area contributed by atoms with E-state index in [1.54, 1.807) is 13.8 Å². The number of carboxylic acids is 1. The van der Waals surface area contributed by atoms with Crippen molar-refractivity contribution in [1.82, 2.24) is 25.9 Å². The van der Waals surface area contributed by atoms with Crippen molar-refractivity contribution in [2.24, 2.45) is 17.6 Å². The number of aliphatic hydroxyl groups excluding tert-OH is 1. The molecule has 0 fully saturated rings. The highest BCUT2D eigenvalue weighted by Gasteiger charge is 2.32. The third-order valence-electron chi connectivity index (χ3n) is 4.72. The SMILES string of the molecule is CC(C)CC(NC(=O)C(NC(=O)C(CO)NC(=O)C(N)Cc1cnc[nH]1)C(C)C)C(=O)O. The fourth-order valence-electron chi connectivity index (χ4n) is 2.94. The summed E-state index contributed by atoms with van der Waals surface area (Å²) in [5.74, 6) is -3.65. The lowest BCUT2D eigenvalue weighted by atomic mass is 10.00. The Morgan fingerprint density at radius 3 is 2.12 bits per heavy atom. The summed E-state index contributed by atoms with van der Waals surface area (Å²) >= 11 is 0. The van der Waals surface area contributed by atoms with Gasteiger partial charge in [0.1, 0.15) is 18.1 Å². The molecule has 0 saturated heterocycles. The summed E-state index contributed by atoms with van der Waals surface area (Å²) in [6.07, 6.45) is 3.33. The highest BCUT2D eigenvalue weighted by atomic mass is 16.4. The molecule has 0 aromatic carbocycles. The summed E-state index contributed by atoms with van der Waals surface area (Å²) in [4.78, 5) is 55.7. The highest BCUT2D eigenvalue weighted by molar-refractivity contribution is 5.94. The average Bonchev–Trinajstić information content (AvgIpc) is 3.21. The molecule has 0 aliphatic rings. The molecule has 8 N–H and O–H groups in total. The first-order chi connectivity index (χ1) is 15.0. The van der Waals surface area contributed by atoms with Crippen molar-refractivity contribution in [2.75, 3.05) is 6.61 Å². The molecule has 0 bridgehead atoms. The fraction of sp³-hybridized carbons (Fsp3) is 0.650. The van der Waals surface area contributed by atoms with Gasteiger partial charge in [-0.2, -0.15) is 0 Å². The number of rotatable bonds is 13. The van der Waals surface area contributed by atoms with E-state index in [0.717, 1.165) is 0 Å². The monoisotopic (exact) mass is 454 g/mol. The first-order valence-electron chi connectivity index (χ1n) is 10.4. The van der Waals surface area contributed by atoms with E-state index in [2.05, 4.69) is 25.9 Å². The molecule has 32 heavy (non-hydrogen) atoms. The lowest BCUT2D eigenvalue weighted by Gasteiger charge is -2.26. The Kier molecular flexibility index (Phi) is 10.8. The van der Waals surface area contributed by atoms with Crippen LogP contribution in [0.15, 0.2) is 12.5 Å². The zero-order chi connectivity index (χ0) is 24.4. The predicted molar refractivity (Wildman–Crippen MR) is 115 cm³/mol. The molecule has 1 aromatic rings. The smallest absolute Gasteiger partial charge is 0.326 e. The molecule has 0 saturated carbocycles. The van der Waals surface area contributed by atoms with Crippen LogP contribution >= 0.6 is 0 Å². The summed E-state index contributed by atoms with van der Waals surface area (Å²) in [6.45, 7) is 6.29. The third kappa shape index (κ3) is 8.63. The Morgan fingerprint density at radius 1 is 1.03 bits per heavy atom. The fourth-order valence-corrected chi connectivity index (χ4v) is 2.94.